The maximum Gasteiger partial charge on any atom is 0.203 e. The molecule has 266 valence electrons. The van der Waals surface area contributed by atoms with Gasteiger partial charge in [-0.3, -0.25) is 4.79 Å². The quantitative estimate of drug-likeness (QED) is 0.138. The van der Waals surface area contributed by atoms with Gasteiger partial charge in [0.05, 0.1) is 38.8 Å². The van der Waals surface area contributed by atoms with Gasteiger partial charge in [0, 0.05) is 23.3 Å². The summed E-state index contributed by atoms with van der Waals surface area (Å²) in [5, 5.41) is 0.152. The smallest absolute Gasteiger partial charge is 0.203 e. The van der Waals surface area contributed by atoms with Crippen molar-refractivity contribution in [2.24, 2.45) is 5.41 Å². The van der Waals surface area contributed by atoms with E-state index in [0.717, 1.165) is 36.9 Å². The highest BCUT2D eigenvalue weighted by molar-refractivity contribution is 6.82. The average molecular weight is 696 g/mol. The highest BCUT2D eigenvalue weighted by Crippen LogP contribution is 2.48. The van der Waals surface area contributed by atoms with Gasteiger partial charge >= 0.3 is 0 Å². The molecule has 10 heteroatoms. The van der Waals surface area contributed by atoms with Crippen molar-refractivity contribution in [1.29, 1.82) is 0 Å². The van der Waals surface area contributed by atoms with Crippen LogP contribution in [0.4, 0.5) is 0 Å². The molecule has 0 unspecified atom stereocenters. The summed E-state index contributed by atoms with van der Waals surface area (Å²) >= 11 is 0. The summed E-state index contributed by atoms with van der Waals surface area (Å²) in [5.74, 6) is 1.75. The van der Waals surface area contributed by atoms with Crippen LogP contribution in [0.5, 0.6) is 17.2 Å². The van der Waals surface area contributed by atoms with Gasteiger partial charge in [0.2, 0.25) is 5.75 Å². The van der Waals surface area contributed by atoms with Crippen LogP contribution in [-0.4, -0.2) is 64.0 Å². The first-order valence-electron chi connectivity index (χ1n) is 17.7. The average Bonchev–Trinajstić information content (AvgIpc) is 3.38. The second-order valence-electron chi connectivity index (χ2n) is 16.6. The standard InChI is InChI=1S/C38H61N3O5Si2/c1-24(2)48(25(3)4,26(5)6)41-23-29(35(42)38(10)18-16-28(17-19-38)46-47(14,15)37(7,8)9)33-36(41)39-22-30(40-33)27-20-31(43-11)34(45-13)32(21-27)44-12/h20-26,28H,16-19H2,1-15H3. The molecule has 1 saturated carbocycles. The Balaban J connectivity index is 1.88. The van der Waals surface area contributed by atoms with Crippen LogP contribution in [0.2, 0.25) is 34.8 Å². The van der Waals surface area contributed by atoms with Gasteiger partial charge in [-0.15, -0.1) is 0 Å². The monoisotopic (exact) mass is 695 g/mol. The summed E-state index contributed by atoms with van der Waals surface area (Å²) in [5.41, 5.74) is 4.34. The Kier molecular flexibility index (Phi) is 11.0. The highest BCUT2D eigenvalue weighted by atomic mass is 28.4. The van der Waals surface area contributed by atoms with Crippen molar-refractivity contribution in [3.63, 3.8) is 0 Å². The minimum absolute atomic E-state index is 0.152. The number of fused-ring (bicyclic) bond motifs is 1. The van der Waals surface area contributed by atoms with E-state index in [4.69, 9.17) is 28.6 Å². The molecule has 0 spiro atoms. The number of methoxy groups -OCH3 is 3. The van der Waals surface area contributed by atoms with Gasteiger partial charge in [-0.1, -0.05) is 69.2 Å². The van der Waals surface area contributed by atoms with Crippen LogP contribution in [0.3, 0.4) is 0 Å². The van der Waals surface area contributed by atoms with E-state index in [1.807, 2.05) is 18.3 Å². The van der Waals surface area contributed by atoms with E-state index in [0.29, 0.717) is 50.6 Å². The zero-order chi connectivity index (χ0) is 36.0. The number of carbonyl (C=O) groups excluding carboxylic acids is 1. The predicted octanol–water partition coefficient (Wildman–Crippen LogP) is 10.3. The largest absolute Gasteiger partial charge is 0.493 e. The molecule has 1 aliphatic rings. The third-order valence-electron chi connectivity index (χ3n) is 11.7. The van der Waals surface area contributed by atoms with Crippen LogP contribution in [0.1, 0.15) is 105 Å². The third kappa shape index (κ3) is 6.61. The van der Waals surface area contributed by atoms with Crippen molar-refractivity contribution >= 4 is 33.5 Å². The fourth-order valence-electron chi connectivity index (χ4n) is 8.15. The minimum Gasteiger partial charge on any atom is -0.493 e. The summed E-state index contributed by atoms with van der Waals surface area (Å²) in [6.07, 6.45) is 7.51. The molecule has 0 amide bonds. The second kappa shape index (κ2) is 13.9. The normalized spacial score (nSPS) is 19.4. The lowest BCUT2D eigenvalue weighted by Crippen LogP contribution is -2.51. The summed E-state index contributed by atoms with van der Waals surface area (Å²) < 4.78 is 26.1. The number of Topliss-reactive ketones (excluding diaryl/α,β-unsaturated/α-hetero) is 1. The zero-order valence-corrected chi connectivity index (χ0v) is 34.3. The van der Waals surface area contributed by atoms with E-state index in [-0.39, 0.29) is 16.9 Å². The fourth-order valence-corrected chi connectivity index (χ4v) is 16.1. The molecule has 0 saturated heterocycles. The van der Waals surface area contributed by atoms with Crippen LogP contribution in [0.25, 0.3) is 22.4 Å². The molecular formula is C38H61N3O5Si2. The van der Waals surface area contributed by atoms with Gasteiger partial charge in [-0.25, -0.2) is 9.97 Å². The van der Waals surface area contributed by atoms with Crippen LogP contribution in [-0.2, 0) is 4.43 Å². The van der Waals surface area contributed by atoms with E-state index >= 15 is 0 Å². The van der Waals surface area contributed by atoms with E-state index < -0.39 is 22.0 Å². The van der Waals surface area contributed by atoms with Gasteiger partial charge in [-0.2, -0.15) is 0 Å². The molecule has 4 rings (SSSR count). The number of aromatic nitrogens is 3. The van der Waals surface area contributed by atoms with E-state index in [1.54, 1.807) is 21.3 Å². The number of ether oxygens (including phenoxy) is 3. The fraction of sp³-hybridized carbons (Fsp3) is 0.658. The number of hydrogen-bond acceptors (Lipinski definition) is 7. The van der Waals surface area contributed by atoms with Crippen LogP contribution < -0.4 is 14.2 Å². The first kappa shape index (κ1) is 38.1. The Labute approximate surface area is 291 Å². The topological polar surface area (TPSA) is 84.7 Å². The molecule has 1 aromatic carbocycles. The van der Waals surface area contributed by atoms with Crippen LogP contribution in [0.15, 0.2) is 24.5 Å². The predicted molar refractivity (Wildman–Crippen MR) is 202 cm³/mol. The summed E-state index contributed by atoms with van der Waals surface area (Å²) in [6, 6.07) is 3.77. The minimum atomic E-state index is -2.27. The molecule has 2 aromatic heterocycles. The Bertz CT molecular complexity index is 1570. The molecular weight excluding hydrogens is 635 g/mol. The molecule has 1 fully saturated rings. The first-order valence-corrected chi connectivity index (χ1v) is 22.8. The van der Waals surface area contributed by atoms with E-state index in [2.05, 4.69) is 92.8 Å². The number of benzene rings is 1. The Morgan fingerprint density at radius 1 is 0.917 bits per heavy atom. The molecule has 0 N–H and O–H groups in total. The van der Waals surface area contributed by atoms with Crippen molar-refractivity contribution in [2.45, 2.75) is 136 Å². The van der Waals surface area contributed by atoms with Crippen molar-refractivity contribution in [1.82, 2.24) is 14.2 Å². The molecule has 3 aromatic rings. The molecule has 8 nitrogen and oxygen atoms in total. The SMILES string of the molecule is COc1cc(-c2cnc3c(n2)c(C(=O)C2(C)CCC(O[Si](C)(C)C(C)(C)C)CC2)cn3[Si](C(C)C)(C(C)C)C(C)C)cc(OC)c1OC. The van der Waals surface area contributed by atoms with E-state index in [1.165, 1.54) is 0 Å². The van der Waals surface area contributed by atoms with Gasteiger partial charge < -0.3 is 22.9 Å². The maximum atomic E-state index is 14.9. The first-order chi connectivity index (χ1) is 22.3. The summed E-state index contributed by atoms with van der Waals surface area (Å²) in [4.78, 5) is 25.3. The number of ketones is 1. The molecule has 0 aliphatic heterocycles. The number of nitrogens with zero attached hydrogens (tertiary/aromatic N) is 3. The molecule has 48 heavy (non-hydrogen) atoms. The van der Waals surface area contributed by atoms with E-state index in [9.17, 15) is 4.79 Å². The highest BCUT2D eigenvalue weighted by Gasteiger charge is 2.48. The lowest BCUT2D eigenvalue weighted by molar-refractivity contribution is 0.0562. The molecule has 2 heterocycles. The molecule has 0 atom stereocenters. The molecule has 1 aliphatic carbocycles. The van der Waals surface area contributed by atoms with Crippen molar-refractivity contribution < 1.29 is 23.4 Å². The van der Waals surface area contributed by atoms with Crippen molar-refractivity contribution in [2.75, 3.05) is 21.3 Å². The van der Waals surface area contributed by atoms with Gasteiger partial charge in [0.25, 0.3) is 0 Å². The summed E-state index contributed by atoms with van der Waals surface area (Å²) in [6.45, 7) is 27.7. The molecule has 0 radical (unpaired) electrons. The second-order valence-corrected chi connectivity index (χ2v) is 27.0. The van der Waals surface area contributed by atoms with Gasteiger partial charge in [-0.05, 0) is 72.6 Å². The van der Waals surface area contributed by atoms with Crippen LogP contribution >= 0.6 is 0 Å². The van der Waals surface area contributed by atoms with Crippen LogP contribution in [0, 0.1) is 5.41 Å². The third-order valence-corrected chi connectivity index (χ3v) is 23.0. The number of hydrogen-bond donors (Lipinski definition) is 0. The Morgan fingerprint density at radius 2 is 1.44 bits per heavy atom. The molecule has 0 bridgehead atoms. The number of rotatable bonds is 12. The Morgan fingerprint density at radius 3 is 1.88 bits per heavy atom. The number of carbonyl (C=O) groups is 1. The summed E-state index contributed by atoms with van der Waals surface area (Å²) in [7, 11) is 0.627. The van der Waals surface area contributed by atoms with Crippen molar-refractivity contribution in [3.8, 4) is 28.5 Å². The maximum absolute atomic E-state index is 14.9. The van der Waals surface area contributed by atoms with Gasteiger partial charge in [0.15, 0.2) is 39.5 Å². The van der Waals surface area contributed by atoms with Gasteiger partial charge in [0.1, 0.15) is 5.52 Å². The van der Waals surface area contributed by atoms with Crippen molar-refractivity contribution in [3.05, 3.63) is 30.1 Å². The lowest BCUT2D eigenvalue weighted by Gasteiger charge is -2.44. The lowest BCUT2D eigenvalue weighted by atomic mass is 9.70. The zero-order valence-electron chi connectivity index (χ0n) is 32.3. The Hall–Kier alpha value is -2.70.